The molecule has 1 spiro atoms. The van der Waals surface area contributed by atoms with Gasteiger partial charge in [0.25, 0.3) is 0 Å². The number of fused-ring (bicyclic) bond motifs is 1. The fourth-order valence-electron chi connectivity index (χ4n) is 6.03. The lowest BCUT2D eigenvalue weighted by Crippen LogP contribution is -2.60. The summed E-state index contributed by atoms with van der Waals surface area (Å²) in [4.78, 5) is 46.4. The number of amides is 3. The molecule has 8 heteroatoms. The van der Waals surface area contributed by atoms with E-state index in [2.05, 4.69) is 13.2 Å². The molecule has 0 aromatic carbocycles. The second kappa shape index (κ2) is 10.2. The Hall–Kier alpha value is -2.19. The van der Waals surface area contributed by atoms with Gasteiger partial charge >= 0.3 is 0 Å². The Balaban J connectivity index is 2.01. The second-order valence-electron chi connectivity index (χ2n) is 10.8. The summed E-state index contributed by atoms with van der Waals surface area (Å²) in [7, 11) is 1.71. The SMILES string of the molecule is C=CCN(C)C(=O)[C@@H]1[C@@H]2CCC3(O2)C(C(=O)N(CC=C)C(C)(C)C)N(CCCCCO)C(=O)[C@H]13. The number of carbonyl (C=O) groups is 3. The van der Waals surface area contributed by atoms with E-state index in [1.54, 1.807) is 33.9 Å². The average Bonchev–Trinajstić information content (AvgIpc) is 3.41. The van der Waals surface area contributed by atoms with E-state index < -0.39 is 29.0 Å². The number of rotatable bonds is 11. The van der Waals surface area contributed by atoms with Gasteiger partial charge in [0.05, 0.1) is 17.9 Å². The summed E-state index contributed by atoms with van der Waals surface area (Å²) >= 11 is 0. The predicted molar refractivity (Wildman–Crippen MR) is 130 cm³/mol. The van der Waals surface area contributed by atoms with Crippen LogP contribution >= 0.6 is 0 Å². The van der Waals surface area contributed by atoms with Crippen LogP contribution in [0.4, 0.5) is 0 Å². The number of likely N-dealkylation sites (N-methyl/N-ethyl adjacent to an activating group) is 1. The summed E-state index contributed by atoms with van der Waals surface area (Å²) in [5, 5.41) is 9.16. The van der Waals surface area contributed by atoms with Gasteiger partial charge in [-0.05, 0) is 52.9 Å². The number of aliphatic hydroxyl groups excluding tert-OH is 1. The largest absolute Gasteiger partial charge is 0.396 e. The Morgan fingerprint density at radius 1 is 1.18 bits per heavy atom. The molecule has 3 fully saturated rings. The molecule has 0 radical (unpaired) electrons. The molecular weight excluding hydrogens is 434 g/mol. The van der Waals surface area contributed by atoms with Crippen molar-refractivity contribution in [2.45, 2.75) is 76.2 Å². The maximum absolute atomic E-state index is 14.1. The minimum atomic E-state index is -0.990. The molecule has 3 saturated heterocycles. The predicted octanol–water partition coefficient (Wildman–Crippen LogP) is 1.98. The quantitative estimate of drug-likeness (QED) is 0.365. The van der Waals surface area contributed by atoms with Crippen molar-refractivity contribution in [3.05, 3.63) is 25.3 Å². The first-order valence-electron chi connectivity index (χ1n) is 12.4. The standard InChI is InChI=1S/C26H41N3O5/c1-7-14-27(6)22(31)19-18-12-13-26(34-18)20(19)23(32)28(16-10-9-11-17-30)21(26)24(33)29(15-8-2)25(3,4)5/h7-8,18-21,30H,1-2,9-17H2,3-6H3/t18-,19+,20-,21?,26?/m0/s1. The highest BCUT2D eigenvalue weighted by Crippen LogP contribution is 2.59. The van der Waals surface area contributed by atoms with Crippen LogP contribution in [0.1, 0.15) is 52.9 Å². The Bertz CT molecular complexity index is 822. The number of carbonyl (C=O) groups excluding carboxylic acids is 3. The van der Waals surface area contributed by atoms with Crippen molar-refractivity contribution < 1.29 is 24.2 Å². The van der Waals surface area contributed by atoms with Gasteiger partial charge in [-0.25, -0.2) is 0 Å². The third kappa shape index (κ3) is 4.42. The Morgan fingerprint density at radius 3 is 2.44 bits per heavy atom. The topological polar surface area (TPSA) is 90.4 Å². The van der Waals surface area contributed by atoms with Crippen molar-refractivity contribution in [3.8, 4) is 0 Å². The van der Waals surface area contributed by atoms with Crippen molar-refractivity contribution >= 4 is 17.7 Å². The highest BCUT2D eigenvalue weighted by atomic mass is 16.5. The number of nitrogens with zero attached hydrogens (tertiary/aromatic N) is 3. The van der Waals surface area contributed by atoms with Gasteiger partial charge < -0.3 is 24.5 Å². The van der Waals surface area contributed by atoms with Gasteiger partial charge in [-0.1, -0.05) is 12.2 Å². The summed E-state index contributed by atoms with van der Waals surface area (Å²) in [5.41, 5.74) is -1.46. The second-order valence-corrected chi connectivity index (χ2v) is 10.8. The van der Waals surface area contributed by atoms with Gasteiger partial charge in [0.15, 0.2) is 0 Å². The van der Waals surface area contributed by atoms with Crippen LogP contribution in [-0.4, -0.2) is 94.1 Å². The van der Waals surface area contributed by atoms with Crippen LogP contribution in [0.5, 0.6) is 0 Å². The molecule has 5 atom stereocenters. The summed E-state index contributed by atoms with van der Waals surface area (Å²) in [6.07, 6.45) is 6.31. The average molecular weight is 476 g/mol. The van der Waals surface area contributed by atoms with E-state index in [0.29, 0.717) is 45.3 Å². The van der Waals surface area contributed by atoms with Crippen molar-refractivity contribution in [2.24, 2.45) is 11.8 Å². The zero-order valence-electron chi connectivity index (χ0n) is 21.2. The summed E-state index contributed by atoms with van der Waals surface area (Å²) in [6.45, 7) is 14.7. The maximum atomic E-state index is 14.1. The minimum absolute atomic E-state index is 0.0943. The van der Waals surface area contributed by atoms with Crippen LogP contribution in [0.25, 0.3) is 0 Å². The number of likely N-dealkylation sites (tertiary alicyclic amines) is 1. The molecule has 190 valence electrons. The van der Waals surface area contributed by atoms with Crippen molar-refractivity contribution in [2.75, 3.05) is 33.3 Å². The molecule has 1 N–H and O–H groups in total. The monoisotopic (exact) mass is 475 g/mol. The smallest absolute Gasteiger partial charge is 0.249 e. The molecule has 34 heavy (non-hydrogen) atoms. The van der Waals surface area contributed by atoms with Gasteiger partial charge in [0.1, 0.15) is 11.6 Å². The maximum Gasteiger partial charge on any atom is 0.249 e. The van der Waals surface area contributed by atoms with Crippen molar-refractivity contribution in [3.63, 3.8) is 0 Å². The van der Waals surface area contributed by atoms with Crippen LogP contribution in [0, 0.1) is 11.8 Å². The molecule has 3 aliphatic rings. The number of aliphatic hydroxyl groups is 1. The molecule has 0 saturated carbocycles. The summed E-state index contributed by atoms with van der Waals surface area (Å²) < 4.78 is 6.50. The van der Waals surface area contributed by atoms with Gasteiger partial charge in [0, 0.05) is 38.8 Å². The van der Waals surface area contributed by atoms with E-state index in [1.165, 1.54) is 0 Å². The van der Waals surface area contributed by atoms with Crippen LogP contribution in [0.3, 0.4) is 0 Å². The molecule has 0 aromatic heterocycles. The normalized spacial score (nSPS) is 29.8. The zero-order chi connectivity index (χ0) is 25.3. The van der Waals surface area contributed by atoms with E-state index >= 15 is 0 Å². The first-order valence-corrected chi connectivity index (χ1v) is 12.4. The van der Waals surface area contributed by atoms with Gasteiger partial charge in [-0.2, -0.15) is 0 Å². The fraction of sp³-hybridized carbons (Fsp3) is 0.731. The van der Waals surface area contributed by atoms with E-state index in [9.17, 15) is 14.4 Å². The Labute approximate surface area is 203 Å². The number of hydrogen-bond donors (Lipinski definition) is 1. The van der Waals surface area contributed by atoms with Crippen LogP contribution < -0.4 is 0 Å². The molecule has 2 bridgehead atoms. The van der Waals surface area contributed by atoms with Gasteiger partial charge in [-0.15, -0.1) is 13.2 Å². The summed E-state index contributed by atoms with van der Waals surface area (Å²) in [6, 6.07) is -0.772. The third-order valence-corrected chi connectivity index (χ3v) is 7.54. The van der Waals surface area contributed by atoms with Crippen LogP contribution in [-0.2, 0) is 19.1 Å². The lowest BCUT2D eigenvalue weighted by molar-refractivity contribution is -0.151. The van der Waals surface area contributed by atoms with E-state index in [-0.39, 0.29) is 30.4 Å². The van der Waals surface area contributed by atoms with Gasteiger partial charge in [-0.3, -0.25) is 14.4 Å². The van der Waals surface area contributed by atoms with Crippen LogP contribution in [0.15, 0.2) is 25.3 Å². The zero-order valence-corrected chi connectivity index (χ0v) is 21.2. The fourth-order valence-corrected chi connectivity index (χ4v) is 6.03. The Kier molecular flexibility index (Phi) is 7.92. The lowest BCUT2D eigenvalue weighted by Gasteiger charge is -2.42. The van der Waals surface area contributed by atoms with Crippen molar-refractivity contribution in [1.82, 2.24) is 14.7 Å². The Morgan fingerprint density at radius 2 is 1.85 bits per heavy atom. The van der Waals surface area contributed by atoms with E-state index in [0.717, 1.165) is 6.42 Å². The highest BCUT2D eigenvalue weighted by molar-refractivity contribution is 5.99. The first kappa shape index (κ1) is 26.4. The van der Waals surface area contributed by atoms with E-state index in [1.807, 2.05) is 20.8 Å². The van der Waals surface area contributed by atoms with Crippen LogP contribution in [0.2, 0.25) is 0 Å². The third-order valence-electron chi connectivity index (χ3n) is 7.54. The first-order chi connectivity index (χ1) is 16.0. The summed E-state index contributed by atoms with van der Waals surface area (Å²) in [5.74, 6) is -1.70. The molecule has 0 aromatic rings. The molecule has 3 aliphatic heterocycles. The molecule has 3 heterocycles. The highest BCUT2D eigenvalue weighted by Gasteiger charge is 2.74. The molecule has 2 unspecified atom stereocenters. The number of ether oxygens (including phenoxy) is 1. The lowest BCUT2D eigenvalue weighted by atomic mass is 9.70. The molecular formula is C26H41N3O5. The van der Waals surface area contributed by atoms with Gasteiger partial charge in [0.2, 0.25) is 17.7 Å². The number of unbranched alkanes of at least 4 members (excludes halogenated alkanes) is 2. The molecule has 8 nitrogen and oxygen atoms in total. The molecule has 0 aliphatic carbocycles. The molecule has 3 rings (SSSR count). The molecule has 3 amide bonds. The minimum Gasteiger partial charge on any atom is -0.396 e. The van der Waals surface area contributed by atoms with Crippen molar-refractivity contribution in [1.29, 1.82) is 0 Å². The van der Waals surface area contributed by atoms with E-state index in [4.69, 9.17) is 9.84 Å². The number of hydrogen-bond acceptors (Lipinski definition) is 5.